The minimum absolute atomic E-state index is 0.613. The summed E-state index contributed by atoms with van der Waals surface area (Å²) in [5, 5.41) is 3.96. The second kappa shape index (κ2) is 10.2. The highest BCUT2D eigenvalue weighted by atomic mass is 35.5. The lowest BCUT2D eigenvalue weighted by molar-refractivity contribution is 0.295. The molecule has 0 bridgehead atoms. The van der Waals surface area contributed by atoms with Gasteiger partial charge in [0.05, 0.1) is 18.7 Å². The summed E-state index contributed by atoms with van der Waals surface area (Å²) < 4.78 is 11.1. The van der Waals surface area contributed by atoms with Gasteiger partial charge in [-0.25, -0.2) is 0 Å². The minimum atomic E-state index is 0.613. The first-order chi connectivity index (χ1) is 9.72. The van der Waals surface area contributed by atoms with Crippen LogP contribution < -0.4 is 14.8 Å². The van der Waals surface area contributed by atoms with Gasteiger partial charge in [-0.05, 0) is 49.1 Å². The lowest BCUT2D eigenvalue weighted by Gasteiger charge is -2.14. The molecule has 1 rings (SSSR count). The SMILES string of the molecule is CCCNCc1cc(Cl)c(OCCCSC)c(OC)c1. The molecular weight excluding hydrogens is 294 g/mol. The minimum Gasteiger partial charge on any atom is -0.493 e. The van der Waals surface area contributed by atoms with Gasteiger partial charge in [0, 0.05) is 6.54 Å². The number of hydrogen-bond donors (Lipinski definition) is 1. The molecule has 0 atom stereocenters. The molecule has 0 saturated carbocycles. The van der Waals surface area contributed by atoms with Crippen LogP contribution in [-0.2, 0) is 6.54 Å². The molecule has 1 N–H and O–H groups in total. The first-order valence-electron chi connectivity index (χ1n) is 6.91. The Morgan fingerprint density at radius 1 is 1.35 bits per heavy atom. The van der Waals surface area contributed by atoms with Crippen LogP contribution in [0.2, 0.25) is 5.02 Å². The van der Waals surface area contributed by atoms with Crippen molar-refractivity contribution >= 4 is 23.4 Å². The molecular formula is C15H24ClNO2S. The summed E-state index contributed by atoms with van der Waals surface area (Å²) in [6.07, 6.45) is 4.20. The van der Waals surface area contributed by atoms with Gasteiger partial charge in [-0.2, -0.15) is 11.8 Å². The van der Waals surface area contributed by atoms with Gasteiger partial charge >= 0.3 is 0 Å². The molecule has 0 aliphatic carbocycles. The van der Waals surface area contributed by atoms with Crippen LogP contribution in [-0.4, -0.2) is 32.3 Å². The van der Waals surface area contributed by atoms with Gasteiger partial charge in [-0.3, -0.25) is 0 Å². The molecule has 0 aromatic heterocycles. The van der Waals surface area contributed by atoms with Crippen molar-refractivity contribution in [2.24, 2.45) is 0 Å². The van der Waals surface area contributed by atoms with Gasteiger partial charge in [0.15, 0.2) is 11.5 Å². The number of nitrogens with one attached hydrogen (secondary N) is 1. The third-order valence-electron chi connectivity index (χ3n) is 2.78. The second-order valence-corrected chi connectivity index (χ2v) is 5.87. The Balaban J connectivity index is 2.69. The molecule has 0 saturated heterocycles. The highest BCUT2D eigenvalue weighted by molar-refractivity contribution is 7.98. The number of methoxy groups -OCH3 is 1. The fraction of sp³-hybridized carbons (Fsp3) is 0.600. The third kappa shape index (κ3) is 5.81. The zero-order valence-electron chi connectivity index (χ0n) is 12.5. The Morgan fingerprint density at radius 2 is 2.15 bits per heavy atom. The van der Waals surface area contributed by atoms with Gasteiger partial charge < -0.3 is 14.8 Å². The molecule has 114 valence electrons. The molecule has 1 aromatic rings. The van der Waals surface area contributed by atoms with E-state index >= 15 is 0 Å². The largest absolute Gasteiger partial charge is 0.493 e. The average Bonchev–Trinajstić information content (AvgIpc) is 2.45. The quantitative estimate of drug-likeness (QED) is 0.661. The summed E-state index contributed by atoms with van der Waals surface area (Å²) in [6, 6.07) is 3.93. The van der Waals surface area contributed by atoms with Gasteiger partial charge in [-0.15, -0.1) is 0 Å². The highest BCUT2D eigenvalue weighted by Crippen LogP contribution is 2.36. The molecule has 3 nitrogen and oxygen atoms in total. The lowest BCUT2D eigenvalue weighted by Crippen LogP contribution is -2.14. The van der Waals surface area contributed by atoms with Gasteiger partial charge in [0.25, 0.3) is 0 Å². The van der Waals surface area contributed by atoms with E-state index in [1.165, 1.54) is 0 Å². The number of hydrogen-bond acceptors (Lipinski definition) is 4. The Labute approximate surface area is 131 Å². The van der Waals surface area contributed by atoms with Crippen LogP contribution in [0.5, 0.6) is 11.5 Å². The maximum absolute atomic E-state index is 6.30. The van der Waals surface area contributed by atoms with Crippen LogP contribution >= 0.6 is 23.4 Å². The van der Waals surface area contributed by atoms with E-state index in [2.05, 4.69) is 18.5 Å². The van der Waals surface area contributed by atoms with Crippen molar-refractivity contribution in [3.8, 4) is 11.5 Å². The Hall–Kier alpha value is -0.580. The van der Waals surface area contributed by atoms with E-state index in [-0.39, 0.29) is 0 Å². The summed E-state index contributed by atoms with van der Waals surface area (Å²) in [7, 11) is 1.64. The van der Waals surface area contributed by atoms with E-state index in [0.717, 1.165) is 37.2 Å². The van der Waals surface area contributed by atoms with Crippen LogP contribution in [0.15, 0.2) is 12.1 Å². The average molecular weight is 318 g/mol. The van der Waals surface area contributed by atoms with E-state index in [9.17, 15) is 0 Å². The zero-order valence-corrected chi connectivity index (χ0v) is 14.1. The van der Waals surface area contributed by atoms with Crippen LogP contribution in [0.1, 0.15) is 25.3 Å². The van der Waals surface area contributed by atoms with Crippen molar-refractivity contribution in [1.29, 1.82) is 0 Å². The fourth-order valence-electron chi connectivity index (χ4n) is 1.80. The van der Waals surface area contributed by atoms with E-state index in [0.29, 0.717) is 23.1 Å². The van der Waals surface area contributed by atoms with E-state index < -0.39 is 0 Å². The molecule has 20 heavy (non-hydrogen) atoms. The molecule has 0 amide bonds. The standard InChI is InChI=1S/C15H24ClNO2S/c1-4-6-17-11-12-9-13(16)15(14(10-12)18-2)19-7-5-8-20-3/h9-10,17H,4-8,11H2,1-3H3. The normalized spacial score (nSPS) is 10.6. The second-order valence-electron chi connectivity index (χ2n) is 4.48. The van der Waals surface area contributed by atoms with Gasteiger partial charge in [0.1, 0.15) is 0 Å². The molecule has 0 aliphatic rings. The van der Waals surface area contributed by atoms with Crippen molar-refractivity contribution in [3.05, 3.63) is 22.7 Å². The summed E-state index contributed by atoms with van der Waals surface area (Å²) >= 11 is 8.11. The van der Waals surface area contributed by atoms with Crippen molar-refractivity contribution in [2.75, 3.05) is 32.3 Å². The molecule has 0 fully saturated rings. The summed E-state index contributed by atoms with van der Waals surface area (Å²) in [4.78, 5) is 0. The van der Waals surface area contributed by atoms with Crippen LogP contribution in [0.25, 0.3) is 0 Å². The number of rotatable bonds is 10. The number of ether oxygens (including phenoxy) is 2. The van der Waals surface area contributed by atoms with Gasteiger partial charge in [-0.1, -0.05) is 18.5 Å². The molecule has 5 heteroatoms. The molecule has 0 aliphatic heterocycles. The zero-order chi connectivity index (χ0) is 14.8. The Kier molecular flexibility index (Phi) is 8.90. The van der Waals surface area contributed by atoms with Gasteiger partial charge in [0.2, 0.25) is 0 Å². The predicted molar refractivity (Wildman–Crippen MR) is 88.5 cm³/mol. The summed E-state index contributed by atoms with van der Waals surface area (Å²) in [5.41, 5.74) is 1.11. The summed E-state index contributed by atoms with van der Waals surface area (Å²) in [5.74, 6) is 2.43. The van der Waals surface area contributed by atoms with Crippen molar-refractivity contribution < 1.29 is 9.47 Å². The molecule has 0 radical (unpaired) electrons. The highest BCUT2D eigenvalue weighted by Gasteiger charge is 2.11. The Bertz CT molecular complexity index is 402. The van der Waals surface area contributed by atoms with Crippen LogP contribution in [0.3, 0.4) is 0 Å². The fourth-order valence-corrected chi connectivity index (χ4v) is 2.50. The first kappa shape index (κ1) is 17.5. The number of halogens is 1. The van der Waals surface area contributed by atoms with Crippen LogP contribution in [0.4, 0.5) is 0 Å². The molecule has 0 heterocycles. The maximum Gasteiger partial charge on any atom is 0.179 e. The monoisotopic (exact) mass is 317 g/mol. The Morgan fingerprint density at radius 3 is 2.80 bits per heavy atom. The summed E-state index contributed by atoms with van der Waals surface area (Å²) in [6.45, 7) is 4.58. The predicted octanol–water partition coefficient (Wildman–Crippen LogP) is 3.98. The first-order valence-corrected chi connectivity index (χ1v) is 8.69. The molecule has 0 spiro atoms. The van der Waals surface area contributed by atoms with Crippen molar-refractivity contribution in [1.82, 2.24) is 5.32 Å². The molecule has 1 aromatic carbocycles. The molecule has 0 unspecified atom stereocenters. The third-order valence-corrected chi connectivity index (χ3v) is 3.76. The maximum atomic E-state index is 6.30. The lowest BCUT2D eigenvalue weighted by atomic mass is 10.2. The van der Waals surface area contributed by atoms with Crippen molar-refractivity contribution in [3.63, 3.8) is 0 Å². The van der Waals surface area contributed by atoms with Crippen molar-refractivity contribution in [2.45, 2.75) is 26.3 Å². The topological polar surface area (TPSA) is 30.5 Å². The smallest absolute Gasteiger partial charge is 0.179 e. The van der Waals surface area contributed by atoms with E-state index in [4.69, 9.17) is 21.1 Å². The van der Waals surface area contributed by atoms with E-state index in [1.807, 2.05) is 23.9 Å². The number of thioether (sulfide) groups is 1. The van der Waals surface area contributed by atoms with E-state index in [1.54, 1.807) is 7.11 Å². The number of benzene rings is 1. The van der Waals surface area contributed by atoms with Crippen LogP contribution in [0, 0.1) is 0 Å².